The zero-order chi connectivity index (χ0) is 21.1. The lowest BCUT2D eigenvalue weighted by Gasteiger charge is -2.27. The first-order chi connectivity index (χ1) is 13.9. The zero-order valence-corrected chi connectivity index (χ0v) is 15.8. The van der Waals surface area contributed by atoms with Crippen LogP contribution in [-0.4, -0.2) is 51.8 Å². The normalized spacial score (nSPS) is 14.3. The van der Waals surface area contributed by atoms with Crippen molar-refractivity contribution in [3.8, 4) is 11.1 Å². The van der Waals surface area contributed by atoms with Gasteiger partial charge in [0.2, 0.25) is 0 Å². The van der Waals surface area contributed by atoms with Crippen molar-refractivity contribution >= 4 is 18.0 Å². The van der Waals surface area contributed by atoms with Gasteiger partial charge >= 0.3 is 12.1 Å². The summed E-state index contributed by atoms with van der Waals surface area (Å²) in [6.45, 7) is 4.38. The van der Waals surface area contributed by atoms with Crippen LogP contribution >= 0.6 is 0 Å². The van der Waals surface area contributed by atoms with Crippen molar-refractivity contribution in [3.05, 3.63) is 72.3 Å². The second-order valence-corrected chi connectivity index (χ2v) is 6.74. The van der Waals surface area contributed by atoms with Crippen molar-refractivity contribution in [1.82, 2.24) is 4.90 Å². The van der Waals surface area contributed by atoms with Crippen LogP contribution in [0.2, 0.25) is 0 Å². The summed E-state index contributed by atoms with van der Waals surface area (Å²) in [6, 6.07) is 13.7. The van der Waals surface area contributed by atoms with Crippen molar-refractivity contribution in [3.63, 3.8) is 0 Å². The Labute approximate surface area is 167 Å². The molecule has 0 aliphatic heterocycles. The molecule has 150 valence electrons. The highest BCUT2D eigenvalue weighted by atomic mass is 16.6. The highest BCUT2D eigenvalue weighted by Crippen LogP contribution is 2.44. The maximum absolute atomic E-state index is 12.6. The SMILES string of the molecule is C=CC(=O)N(C(=O)OCC1c2ccccc2-c2ccccc21)C(C(=O)O)C(C)O. The Bertz CT molecular complexity index is 922. The van der Waals surface area contributed by atoms with E-state index in [1.54, 1.807) is 0 Å². The van der Waals surface area contributed by atoms with Gasteiger partial charge in [-0.3, -0.25) is 4.79 Å². The number of aliphatic hydroxyl groups is 1. The summed E-state index contributed by atoms with van der Waals surface area (Å²) in [7, 11) is 0. The van der Waals surface area contributed by atoms with E-state index in [1.165, 1.54) is 6.92 Å². The molecule has 1 aliphatic carbocycles. The van der Waals surface area contributed by atoms with E-state index in [9.17, 15) is 24.6 Å². The third kappa shape index (κ3) is 3.77. The van der Waals surface area contributed by atoms with E-state index in [4.69, 9.17) is 4.74 Å². The first-order valence-corrected chi connectivity index (χ1v) is 9.08. The molecule has 7 heteroatoms. The van der Waals surface area contributed by atoms with Crippen molar-refractivity contribution < 1.29 is 29.3 Å². The number of carbonyl (C=O) groups excluding carboxylic acids is 2. The van der Waals surface area contributed by atoms with Gasteiger partial charge in [-0.25, -0.2) is 14.5 Å². The van der Waals surface area contributed by atoms with E-state index >= 15 is 0 Å². The zero-order valence-electron chi connectivity index (χ0n) is 15.8. The van der Waals surface area contributed by atoms with Crippen molar-refractivity contribution in [1.29, 1.82) is 0 Å². The first-order valence-electron chi connectivity index (χ1n) is 9.08. The maximum atomic E-state index is 12.6. The minimum atomic E-state index is -1.78. The average molecular weight is 395 g/mol. The van der Waals surface area contributed by atoms with Crippen LogP contribution in [0.15, 0.2) is 61.2 Å². The molecule has 1 aliphatic rings. The summed E-state index contributed by atoms with van der Waals surface area (Å²) in [5, 5.41) is 19.1. The van der Waals surface area contributed by atoms with Gasteiger partial charge in [0, 0.05) is 5.92 Å². The van der Waals surface area contributed by atoms with Gasteiger partial charge in [0.05, 0.1) is 6.10 Å². The Balaban J connectivity index is 1.86. The van der Waals surface area contributed by atoms with E-state index in [0.29, 0.717) is 4.90 Å². The molecule has 2 unspecified atom stereocenters. The standard InChI is InChI=1S/C22H21NO6/c1-3-19(25)23(20(13(2)24)21(26)27)22(28)29-12-18-16-10-6-4-8-14(16)15-9-5-7-11-17(15)18/h3-11,13,18,20,24H,1,12H2,2H3,(H,26,27). The molecule has 0 saturated heterocycles. The summed E-state index contributed by atoms with van der Waals surface area (Å²) in [6.07, 6.45) is -1.83. The van der Waals surface area contributed by atoms with Crippen LogP contribution in [0.25, 0.3) is 11.1 Å². The number of aliphatic hydroxyl groups excluding tert-OH is 1. The molecular weight excluding hydrogens is 374 g/mol. The number of carbonyl (C=O) groups is 3. The molecule has 7 nitrogen and oxygen atoms in total. The molecule has 0 heterocycles. The van der Waals surface area contributed by atoms with Gasteiger partial charge in [0.15, 0.2) is 6.04 Å². The summed E-state index contributed by atoms with van der Waals surface area (Å²) in [5.74, 6) is -2.74. The molecule has 2 aromatic rings. The number of carboxylic acids is 1. The van der Waals surface area contributed by atoms with Gasteiger partial charge in [-0.2, -0.15) is 0 Å². The number of amides is 2. The Morgan fingerprint density at radius 2 is 1.62 bits per heavy atom. The Morgan fingerprint density at radius 3 is 2.07 bits per heavy atom. The van der Waals surface area contributed by atoms with E-state index in [1.807, 2.05) is 48.5 Å². The number of aliphatic carboxylic acids is 1. The maximum Gasteiger partial charge on any atom is 0.417 e. The smallest absolute Gasteiger partial charge is 0.417 e. The third-order valence-corrected chi connectivity index (χ3v) is 4.93. The molecule has 2 atom stereocenters. The monoisotopic (exact) mass is 395 g/mol. The fraction of sp³-hybridized carbons (Fsp3) is 0.227. The van der Waals surface area contributed by atoms with Crippen LogP contribution in [-0.2, 0) is 14.3 Å². The number of rotatable bonds is 6. The molecule has 0 saturated carbocycles. The topological polar surface area (TPSA) is 104 Å². The molecule has 29 heavy (non-hydrogen) atoms. The van der Waals surface area contributed by atoms with Crippen molar-refractivity contribution in [2.75, 3.05) is 6.61 Å². The number of ether oxygens (including phenoxy) is 1. The largest absolute Gasteiger partial charge is 0.480 e. The molecule has 0 radical (unpaired) electrons. The van der Waals surface area contributed by atoms with Gasteiger partial charge in [-0.1, -0.05) is 55.1 Å². The van der Waals surface area contributed by atoms with Crippen LogP contribution < -0.4 is 0 Å². The van der Waals surface area contributed by atoms with E-state index in [2.05, 4.69) is 6.58 Å². The van der Waals surface area contributed by atoms with Gasteiger partial charge < -0.3 is 14.9 Å². The minimum absolute atomic E-state index is 0.0834. The fourth-order valence-electron chi connectivity index (χ4n) is 3.64. The lowest BCUT2D eigenvalue weighted by Crippen LogP contribution is -2.53. The van der Waals surface area contributed by atoms with Gasteiger partial charge in [-0.05, 0) is 35.3 Å². The summed E-state index contributed by atoms with van der Waals surface area (Å²) < 4.78 is 5.35. The fourth-order valence-corrected chi connectivity index (χ4v) is 3.64. The number of benzene rings is 2. The molecule has 0 fully saturated rings. The Kier molecular flexibility index (Phi) is 5.79. The second kappa shape index (κ2) is 8.28. The van der Waals surface area contributed by atoms with Crippen LogP contribution in [0, 0.1) is 0 Å². The van der Waals surface area contributed by atoms with Crippen LogP contribution in [0.1, 0.15) is 24.0 Å². The molecular formula is C22H21NO6. The second-order valence-electron chi connectivity index (χ2n) is 6.74. The molecule has 0 spiro atoms. The van der Waals surface area contributed by atoms with Crippen LogP contribution in [0.5, 0.6) is 0 Å². The van der Waals surface area contributed by atoms with Gasteiger partial charge in [-0.15, -0.1) is 0 Å². The molecule has 2 amide bonds. The highest BCUT2D eigenvalue weighted by molar-refractivity contribution is 6.01. The molecule has 0 aromatic heterocycles. The first kappa shape index (κ1) is 20.3. The highest BCUT2D eigenvalue weighted by Gasteiger charge is 2.39. The molecule has 2 aromatic carbocycles. The van der Waals surface area contributed by atoms with E-state index < -0.39 is 30.1 Å². The third-order valence-electron chi connectivity index (χ3n) is 4.93. The number of fused-ring (bicyclic) bond motifs is 3. The van der Waals surface area contributed by atoms with Crippen molar-refractivity contribution in [2.24, 2.45) is 0 Å². The summed E-state index contributed by atoms with van der Waals surface area (Å²) >= 11 is 0. The predicted molar refractivity (Wildman–Crippen MR) is 105 cm³/mol. The lowest BCUT2D eigenvalue weighted by atomic mass is 9.98. The molecule has 3 rings (SSSR count). The average Bonchev–Trinajstić information content (AvgIpc) is 3.03. The van der Waals surface area contributed by atoms with Gasteiger partial charge in [0.1, 0.15) is 6.61 Å². The number of nitrogens with zero attached hydrogens (tertiary/aromatic N) is 1. The van der Waals surface area contributed by atoms with Crippen molar-refractivity contribution in [2.45, 2.75) is 25.0 Å². The number of carboxylic acid groups (broad SMARTS) is 1. The van der Waals surface area contributed by atoms with E-state index in [-0.39, 0.29) is 12.5 Å². The molecule has 0 bridgehead atoms. The quantitative estimate of drug-likeness (QED) is 0.729. The number of hydrogen-bond donors (Lipinski definition) is 2. The number of imide groups is 1. The van der Waals surface area contributed by atoms with Crippen LogP contribution in [0.4, 0.5) is 4.79 Å². The predicted octanol–water partition coefficient (Wildman–Crippen LogP) is 2.78. The minimum Gasteiger partial charge on any atom is -0.480 e. The van der Waals surface area contributed by atoms with Crippen LogP contribution in [0.3, 0.4) is 0 Å². The number of hydrogen-bond acceptors (Lipinski definition) is 5. The summed E-state index contributed by atoms with van der Waals surface area (Å²) in [5.41, 5.74) is 4.04. The summed E-state index contributed by atoms with van der Waals surface area (Å²) in [4.78, 5) is 36.6. The van der Waals surface area contributed by atoms with E-state index in [0.717, 1.165) is 28.3 Å². The lowest BCUT2D eigenvalue weighted by molar-refractivity contribution is -0.151. The Morgan fingerprint density at radius 1 is 1.10 bits per heavy atom. The molecule has 2 N–H and O–H groups in total. The Hall–Kier alpha value is -3.45. The van der Waals surface area contributed by atoms with Gasteiger partial charge in [0.25, 0.3) is 5.91 Å².